The number of carboxylic acids is 3. The molecule has 0 spiro atoms. The molecule has 0 fully saturated rings. The summed E-state index contributed by atoms with van der Waals surface area (Å²) >= 11 is 0. The topological polar surface area (TPSA) is 492 Å². The van der Waals surface area contributed by atoms with Gasteiger partial charge in [-0.25, -0.2) is 9.78 Å². The summed E-state index contributed by atoms with van der Waals surface area (Å²) in [6, 6.07) is -9.26. The van der Waals surface area contributed by atoms with Gasteiger partial charge in [-0.15, -0.1) is 0 Å². The van der Waals surface area contributed by atoms with Crippen LogP contribution in [0.15, 0.2) is 36.8 Å². The van der Waals surface area contributed by atoms with E-state index in [2.05, 4.69) is 57.8 Å². The number of nitrogens with zero attached hydrogens (tertiary/aromatic N) is 1. The molecule has 0 unspecified atom stereocenters. The molecule has 0 aliphatic rings. The highest BCUT2D eigenvalue weighted by Crippen LogP contribution is 2.15. The van der Waals surface area contributed by atoms with E-state index in [1.165, 1.54) is 43.7 Å². The Balaban J connectivity index is 2.44. The molecule has 0 saturated carbocycles. The molecule has 1 aromatic carbocycles. The van der Waals surface area contributed by atoms with Crippen molar-refractivity contribution in [3.63, 3.8) is 0 Å². The van der Waals surface area contributed by atoms with Gasteiger partial charge in [-0.2, -0.15) is 0 Å². The van der Waals surface area contributed by atoms with E-state index in [9.17, 15) is 82.8 Å². The quantitative estimate of drug-likeness (QED) is 0.0349. The van der Waals surface area contributed by atoms with Crippen LogP contribution < -0.4 is 59.3 Å². The first kappa shape index (κ1) is 72.4. The van der Waals surface area contributed by atoms with Crippen LogP contribution in [-0.4, -0.2) is 168 Å². The Morgan fingerprint density at radius 3 is 1.29 bits per heavy atom. The number of rotatable bonds is 38. The third-order valence-electron chi connectivity index (χ3n) is 13.0. The molecule has 0 aliphatic carbocycles. The van der Waals surface area contributed by atoms with Crippen LogP contribution in [-0.2, 0) is 75.2 Å². The molecule has 0 aliphatic heterocycles. The van der Waals surface area contributed by atoms with Crippen LogP contribution in [0.4, 0.5) is 0 Å². The number of aromatic nitrogens is 2. The van der Waals surface area contributed by atoms with Gasteiger partial charge in [-0.05, 0) is 80.4 Å². The van der Waals surface area contributed by atoms with Gasteiger partial charge in [0.25, 0.3) is 0 Å². The molecule has 472 valence electrons. The van der Waals surface area contributed by atoms with Gasteiger partial charge >= 0.3 is 17.9 Å². The second-order valence-electron chi connectivity index (χ2n) is 22.4. The van der Waals surface area contributed by atoms with Gasteiger partial charge < -0.3 is 84.7 Å². The molecule has 30 nitrogen and oxygen atoms in total. The van der Waals surface area contributed by atoms with E-state index in [0.29, 0.717) is 11.3 Å². The number of hydrogen-bond donors (Lipinski definition) is 16. The molecular weight excluding hydrogens is 1110 g/mol. The Hall–Kier alpha value is -8.70. The zero-order valence-corrected chi connectivity index (χ0v) is 49.3. The SMILES string of the molecule is CC(C)C[C@H](NC(=O)[C@H](CCC(=O)O)NC(=O)[C@H](C)NC(=O)[C@@H](N)C(C)C)C(=O)N[C@@H](CC(=O)O)C(=O)N[C@@H](CCC(N)=O)C(=O)N[C@@H](CC(C)C)C(=O)N[C@@H](CC(C)C)C(=O)N[C@@H](Cc1cnc[nH]1)C(=O)N[C@@H](Cc1ccc(O)cc1)C(=O)O. The Kier molecular flexibility index (Phi) is 30.2. The fourth-order valence-electron chi connectivity index (χ4n) is 8.36. The van der Waals surface area contributed by atoms with Crippen LogP contribution in [0.3, 0.4) is 0 Å². The lowest BCUT2D eigenvalue weighted by atomic mass is 9.99. The first-order chi connectivity index (χ1) is 39.7. The summed E-state index contributed by atoms with van der Waals surface area (Å²) in [5, 5.41) is 61.1. The summed E-state index contributed by atoms with van der Waals surface area (Å²) in [6.45, 7) is 14.8. The predicted octanol–water partition coefficient (Wildman–Crippen LogP) is -1.91. The van der Waals surface area contributed by atoms with Crippen LogP contribution in [0.5, 0.6) is 5.75 Å². The number of primary amides is 1. The average molecular weight is 1200 g/mol. The first-order valence-electron chi connectivity index (χ1n) is 27.9. The second kappa shape index (κ2) is 35.4. The minimum absolute atomic E-state index is 0.0245. The van der Waals surface area contributed by atoms with E-state index < -0.39 is 170 Å². The Labute approximate surface area is 492 Å². The molecule has 2 aromatic rings. The maximum Gasteiger partial charge on any atom is 0.326 e. The van der Waals surface area contributed by atoms with Crippen molar-refractivity contribution in [3.8, 4) is 5.75 Å². The predicted molar refractivity (Wildman–Crippen MR) is 304 cm³/mol. The molecule has 1 aromatic heterocycles. The summed E-state index contributed by atoms with van der Waals surface area (Å²) in [6.07, 6.45) is -1.25. The normalized spacial score (nSPS) is 14.8. The molecule has 2 rings (SSSR count). The number of aromatic amines is 1. The number of amides is 10. The van der Waals surface area contributed by atoms with Crippen LogP contribution in [0.25, 0.3) is 0 Å². The lowest BCUT2D eigenvalue weighted by Crippen LogP contribution is -2.61. The van der Waals surface area contributed by atoms with E-state index in [-0.39, 0.29) is 61.5 Å². The number of carbonyl (C=O) groups is 13. The largest absolute Gasteiger partial charge is 0.508 e. The van der Waals surface area contributed by atoms with Gasteiger partial charge in [-0.3, -0.25) is 57.5 Å². The summed E-state index contributed by atoms with van der Waals surface area (Å²) in [5.41, 5.74) is 12.1. The number of hydrogen-bond acceptors (Lipinski definition) is 16. The molecule has 10 amide bonds. The molecule has 0 radical (unpaired) electrons. The Morgan fingerprint density at radius 1 is 0.482 bits per heavy atom. The number of aromatic hydroxyl groups is 1. The number of aliphatic carboxylic acids is 3. The molecule has 85 heavy (non-hydrogen) atoms. The highest BCUT2D eigenvalue weighted by molar-refractivity contribution is 5.99. The standard InChI is InChI=1S/C55H85N13O17/c1-26(2)18-36(49(78)65-38(20-28(5)6)50(79)66-39(22-32-24-58-25-59-32)52(81)68-41(55(84)85)21-31-10-12-33(69)13-11-31)63-47(76)34(14-16-42(56)70)62-53(82)40(23-44(73)74)67-51(80)37(19-27(3)4)64-48(77)35(15-17-43(71)72)61-46(75)30(9)60-54(83)45(57)29(7)8/h10-13,24-30,34-41,45,69H,14-23,57H2,1-9H3,(H2,56,70)(H,58,59)(H,60,83)(H,61,75)(H,62,82)(H,63,76)(H,64,77)(H,65,78)(H,66,79)(H,67,80)(H,68,81)(H,71,72)(H,73,74)(H,84,85)/t30-,34-,35-,36-,37-,38-,39-,40-,41-,45-/m0/s1. The Morgan fingerprint density at radius 2 is 0.882 bits per heavy atom. The fraction of sp³-hybridized carbons (Fsp3) is 0.600. The van der Waals surface area contributed by atoms with Crippen molar-refractivity contribution in [1.82, 2.24) is 57.8 Å². The molecule has 10 atom stereocenters. The summed E-state index contributed by atoms with van der Waals surface area (Å²) in [5.74, 6) is -15.5. The number of benzene rings is 1. The van der Waals surface area contributed by atoms with Gasteiger partial charge in [-0.1, -0.05) is 67.5 Å². The van der Waals surface area contributed by atoms with Gasteiger partial charge in [0.1, 0.15) is 60.1 Å². The van der Waals surface area contributed by atoms with Gasteiger partial charge in [0.15, 0.2) is 0 Å². The van der Waals surface area contributed by atoms with E-state index in [4.69, 9.17) is 11.5 Å². The van der Waals surface area contributed by atoms with Crippen LogP contribution in [0.2, 0.25) is 0 Å². The van der Waals surface area contributed by atoms with Crippen molar-refractivity contribution in [2.45, 2.75) is 187 Å². The monoisotopic (exact) mass is 1200 g/mol. The van der Waals surface area contributed by atoms with Crippen molar-refractivity contribution >= 4 is 77.0 Å². The molecule has 1 heterocycles. The number of nitrogens with two attached hydrogens (primary N) is 2. The molecule has 0 saturated heterocycles. The highest BCUT2D eigenvalue weighted by atomic mass is 16.4. The van der Waals surface area contributed by atoms with Crippen LogP contribution in [0, 0.1) is 23.7 Å². The van der Waals surface area contributed by atoms with E-state index >= 15 is 0 Å². The maximum absolute atomic E-state index is 14.3. The summed E-state index contributed by atoms with van der Waals surface area (Å²) in [7, 11) is 0. The molecule has 18 N–H and O–H groups in total. The molecule has 30 heteroatoms. The van der Waals surface area contributed by atoms with Crippen LogP contribution in [0.1, 0.15) is 125 Å². The van der Waals surface area contributed by atoms with Crippen molar-refractivity contribution in [2.75, 3.05) is 0 Å². The lowest BCUT2D eigenvalue weighted by Gasteiger charge is -2.29. The van der Waals surface area contributed by atoms with Crippen molar-refractivity contribution in [2.24, 2.45) is 35.1 Å². The van der Waals surface area contributed by atoms with Gasteiger partial charge in [0.2, 0.25) is 59.1 Å². The molecule has 0 bridgehead atoms. The maximum atomic E-state index is 14.3. The first-order valence-corrected chi connectivity index (χ1v) is 27.9. The van der Waals surface area contributed by atoms with Crippen molar-refractivity contribution in [3.05, 3.63) is 48.0 Å². The van der Waals surface area contributed by atoms with Crippen molar-refractivity contribution < 1.29 is 82.8 Å². The smallest absolute Gasteiger partial charge is 0.326 e. The number of imidazole rings is 1. The van der Waals surface area contributed by atoms with Crippen LogP contribution >= 0.6 is 0 Å². The number of phenols is 1. The fourth-order valence-corrected chi connectivity index (χ4v) is 8.36. The minimum Gasteiger partial charge on any atom is -0.508 e. The Bertz CT molecular complexity index is 2630. The third kappa shape index (κ3) is 27.0. The molecular formula is C55H85N13O17. The van der Waals surface area contributed by atoms with Gasteiger partial charge in [0.05, 0.1) is 18.8 Å². The highest BCUT2D eigenvalue weighted by Gasteiger charge is 2.37. The van der Waals surface area contributed by atoms with E-state index in [1.54, 1.807) is 55.4 Å². The zero-order valence-electron chi connectivity index (χ0n) is 49.3. The second-order valence-corrected chi connectivity index (χ2v) is 22.4. The lowest BCUT2D eigenvalue weighted by molar-refractivity contribution is -0.142. The average Bonchev–Trinajstić information content (AvgIpc) is 4.01. The van der Waals surface area contributed by atoms with Gasteiger partial charge in [0, 0.05) is 37.6 Å². The zero-order chi connectivity index (χ0) is 64.4. The third-order valence-corrected chi connectivity index (χ3v) is 13.0. The minimum atomic E-state index is -1.98. The number of carboxylic acid groups (broad SMARTS) is 3. The number of H-pyrrole nitrogens is 1. The summed E-state index contributed by atoms with van der Waals surface area (Å²) in [4.78, 5) is 179. The van der Waals surface area contributed by atoms with E-state index in [1.807, 2.05) is 0 Å². The number of phenolic OH excluding ortho intramolecular Hbond substituents is 1. The van der Waals surface area contributed by atoms with Crippen molar-refractivity contribution in [1.29, 1.82) is 0 Å². The summed E-state index contributed by atoms with van der Waals surface area (Å²) < 4.78 is 0. The number of nitrogens with one attached hydrogen (secondary N) is 10. The number of carbonyl (C=O) groups excluding carboxylic acids is 10. The van der Waals surface area contributed by atoms with E-state index in [0.717, 1.165) is 0 Å².